The second-order valence-electron chi connectivity index (χ2n) is 3.20. The van der Waals surface area contributed by atoms with Gasteiger partial charge in [0, 0.05) is 11.8 Å². The van der Waals surface area contributed by atoms with Crippen molar-refractivity contribution in [2.45, 2.75) is 13.8 Å². The third kappa shape index (κ3) is 3.46. The second-order valence-corrected chi connectivity index (χ2v) is 3.20. The number of hydrogen-bond donors (Lipinski definition) is 1. The van der Waals surface area contributed by atoms with Crippen LogP contribution in [0.4, 0.5) is 5.69 Å². The predicted molar refractivity (Wildman–Crippen MR) is 61.3 cm³/mol. The van der Waals surface area contributed by atoms with E-state index >= 15 is 0 Å². The van der Waals surface area contributed by atoms with Gasteiger partial charge in [-0.05, 0) is 37.1 Å². The van der Waals surface area contributed by atoms with Gasteiger partial charge in [-0.25, -0.2) is 4.79 Å². The number of carbonyl (C=O) groups is 1. The van der Waals surface area contributed by atoms with Gasteiger partial charge in [-0.1, -0.05) is 12.1 Å². The third-order valence-electron chi connectivity index (χ3n) is 2.00. The lowest BCUT2D eigenvalue weighted by Gasteiger charge is -2.00. The van der Waals surface area contributed by atoms with Crippen LogP contribution in [0, 0.1) is 6.92 Å². The van der Waals surface area contributed by atoms with Gasteiger partial charge in [-0.15, -0.1) is 0 Å². The minimum absolute atomic E-state index is 0.336. The van der Waals surface area contributed by atoms with Gasteiger partial charge in [-0.2, -0.15) is 0 Å². The highest BCUT2D eigenvalue weighted by molar-refractivity contribution is 5.87. The number of nitrogen functional groups attached to an aromatic ring is 1. The Morgan fingerprint density at radius 3 is 2.87 bits per heavy atom. The fourth-order valence-electron chi connectivity index (χ4n) is 1.12. The molecule has 1 aromatic rings. The Hall–Kier alpha value is -1.77. The molecule has 0 aliphatic rings. The number of carbonyl (C=O) groups excluding carboxylic acids is 1. The van der Waals surface area contributed by atoms with Crippen molar-refractivity contribution >= 4 is 17.7 Å². The number of benzene rings is 1. The van der Waals surface area contributed by atoms with Crippen molar-refractivity contribution in [2.75, 3.05) is 12.3 Å². The quantitative estimate of drug-likeness (QED) is 0.467. The monoisotopic (exact) mass is 205 g/mol. The number of ether oxygens (including phenoxy) is 1. The normalized spacial score (nSPS) is 10.5. The summed E-state index contributed by atoms with van der Waals surface area (Å²) >= 11 is 0. The van der Waals surface area contributed by atoms with Gasteiger partial charge in [0.1, 0.15) is 0 Å². The zero-order valence-electron chi connectivity index (χ0n) is 8.99. The Labute approximate surface area is 89.5 Å². The number of anilines is 1. The lowest BCUT2D eigenvalue weighted by atomic mass is 10.1. The number of hydrogen-bond acceptors (Lipinski definition) is 3. The minimum Gasteiger partial charge on any atom is -0.463 e. The fourth-order valence-corrected chi connectivity index (χ4v) is 1.12. The number of aryl methyl sites for hydroxylation is 1. The molecular weight excluding hydrogens is 190 g/mol. The van der Waals surface area contributed by atoms with Crippen molar-refractivity contribution in [3.63, 3.8) is 0 Å². The molecule has 0 saturated heterocycles. The highest BCUT2D eigenvalue weighted by Gasteiger charge is 1.96. The van der Waals surface area contributed by atoms with Crippen LogP contribution in [0.15, 0.2) is 24.3 Å². The third-order valence-corrected chi connectivity index (χ3v) is 2.00. The van der Waals surface area contributed by atoms with Crippen molar-refractivity contribution in [3.8, 4) is 0 Å². The summed E-state index contributed by atoms with van der Waals surface area (Å²) in [5, 5.41) is 0. The summed E-state index contributed by atoms with van der Waals surface area (Å²) in [6.45, 7) is 4.10. The smallest absolute Gasteiger partial charge is 0.330 e. The first-order valence-corrected chi connectivity index (χ1v) is 4.84. The maximum atomic E-state index is 11.0. The highest BCUT2D eigenvalue weighted by atomic mass is 16.5. The zero-order chi connectivity index (χ0) is 11.3. The van der Waals surface area contributed by atoms with Gasteiger partial charge in [0.05, 0.1) is 6.61 Å². The van der Waals surface area contributed by atoms with Gasteiger partial charge in [-0.3, -0.25) is 0 Å². The van der Waals surface area contributed by atoms with E-state index in [2.05, 4.69) is 0 Å². The molecule has 0 radical (unpaired) electrons. The van der Waals surface area contributed by atoms with E-state index < -0.39 is 0 Å². The molecule has 0 saturated carbocycles. The van der Waals surface area contributed by atoms with Crippen molar-refractivity contribution in [1.29, 1.82) is 0 Å². The SMILES string of the molecule is CCOC(=O)C=Cc1ccc(C)c(N)c1. The van der Waals surface area contributed by atoms with E-state index in [0.29, 0.717) is 6.61 Å². The van der Waals surface area contributed by atoms with Gasteiger partial charge in [0.25, 0.3) is 0 Å². The van der Waals surface area contributed by atoms with Crippen LogP contribution in [0.5, 0.6) is 0 Å². The molecule has 0 aromatic heterocycles. The first-order chi connectivity index (χ1) is 7.13. The molecule has 1 rings (SSSR count). The van der Waals surface area contributed by atoms with E-state index in [1.54, 1.807) is 13.0 Å². The fraction of sp³-hybridized carbons (Fsp3) is 0.250. The molecule has 0 aliphatic carbocycles. The van der Waals surface area contributed by atoms with Crippen LogP contribution >= 0.6 is 0 Å². The molecule has 3 heteroatoms. The largest absolute Gasteiger partial charge is 0.463 e. The first kappa shape index (κ1) is 11.3. The van der Waals surface area contributed by atoms with Crippen LogP contribution < -0.4 is 5.73 Å². The Kier molecular flexibility index (Phi) is 3.92. The van der Waals surface area contributed by atoms with Crippen LogP contribution in [0.3, 0.4) is 0 Å². The van der Waals surface area contributed by atoms with Crippen LogP contribution in [0.1, 0.15) is 18.1 Å². The summed E-state index contributed by atoms with van der Waals surface area (Å²) in [5.74, 6) is -0.336. The molecule has 0 fully saturated rings. The molecule has 0 atom stereocenters. The van der Waals surface area contributed by atoms with E-state index in [4.69, 9.17) is 10.5 Å². The molecule has 0 heterocycles. The van der Waals surface area contributed by atoms with Gasteiger partial charge < -0.3 is 10.5 Å². The summed E-state index contributed by atoms with van der Waals surface area (Å²) in [4.78, 5) is 11.0. The van der Waals surface area contributed by atoms with Crippen LogP contribution in [0.25, 0.3) is 6.08 Å². The summed E-state index contributed by atoms with van der Waals surface area (Å²) in [7, 11) is 0. The Balaban J connectivity index is 2.72. The Morgan fingerprint density at radius 1 is 1.53 bits per heavy atom. The lowest BCUT2D eigenvalue weighted by molar-refractivity contribution is -0.137. The molecule has 15 heavy (non-hydrogen) atoms. The Morgan fingerprint density at radius 2 is 2.27 bits per heavy atom. The van der Waals surface area contributed by atoms with E-state index in [9.17, 15) is 4.79 Å². The van der Waals surface area contributed by atoms with E-state index in [0.717, 1.165) is 16.8 Å². The predicted octanol–water partition coefficient (Wildman–Crippen LogP) is 2.15. The van der Waals surface area contributed by atoms with E-state index in [-0.39, 0.29) is 5.97 Å². The van der Waals surface area contributed by atoms with E-state index in [1.807, 2.05) is 25.1 Å². The molecule has 0 amide bonds. The average molecular weight is 205 g/mol. The lowest BCUT2D eigenvalue weighted by Crippen LogP contribution is -1.98. The summed E-state index contributed by atoms with van der Waals surface area (Å²) in [6.07, 6.45) is 3.08. The van der Waals surface area contributed by atoms with Gasteiger partial charge >= 0.3 is 5.97 Å². The molecule has 3 nitrogen and oxygen atoms in total. The highest BCUT2D eigenvalue weighted by Crippen LogP contribution is 2.13. The molecule has 0 bridgehead atoms. The van der Waals surface area contributed by atoms with E-state index in [1.165, 1.54) is 6.08 Å². The summed E-state index contributed by atoms with van der Waals surface area (Å²) in [6, 6.07) is 5.65. The van der Waals surface area contributed by atoms with Crippen molar-refractivity contribution in [1.82, 2.24) is 0 Å². The van der Waals surface area contributed by atoms with Gasteiger partial charge in [0.2, 0.25) is 0 Å². The maximum absolute atomic E-state index is 11.0. The van der Waals surface area contributed by atoms with Crippen LogP contribution in [-0.2, 0) is 9.53 Å². The first-order valence-electron chi connectivity index (χ1n) is 4.84. The standard InChI is InChI=1S/C12H15NO2/c1-3-15-12(14)7-6-10-5-4-9(2)11(13)8-10/h4-8H,3,13H2,1-2H3. The molecular formula is C12H15NO2. The molecule has 2 N–H and O–H groups in total. The number of nitrogens with two attached hydrogens (primary N) is 1. The molecule has 80 valence electrons. The summed E-state index contributed by atoms with van der Waals surface area (Å²) in [5.41, 5.74) is 8.38. The second kappa shape index (κ2) is 5.20. The maximum Gasteiger partial charge on any atom is 0.330 e. The average Bonchev–Trinajstić information content (AvgIpc) is 2.20. The topological polar surface area (TPSA) is 52.3 Å². The number of rotatable bonds is 3. The molecule has 0 spiro atoms. The van der Waals surface area contributed by atoms with Gasteiger partial charge in [0.15, 0.2) is 0 Å². The zero-order valence-corrected chi connectivity index (χ0v) is 8.99. The van der Waals surface area contributed by atoms with Crippen LogP contribution in [-0.4, -0.2) is 12.6 Å². The van der Waals surface area contributed by atoms with Crippen LogP contribution in [0.2, 0.25) is 0 Å². The van der Waals surface area contributed by atoms with Crippen molar-refractivity contribution in [2.24, 2.45) is 0 Å². The summed E-state index contributed by atoms with van der Waals surface area (Å²) < 4.78 is 4.76. The van der Waals surface area contributed by atoms with Crippen molar-refractivity contribution in [3.05, 3.63) is 35.4 Å². The van der Waals surface area contributed by atoms with Crippen molar-refractivity contribution < 1.29 is 9.53 Å². The molecule has 0 aliphatic heterocycles. The Bertz CT molecular complexity index is 383. The number of esters is 1. The molecule has 0 unspecified atom stereocenters. The molecule has 1 aromatic carbocycles. The minimum atomic E-state index is -0.336.